The fraction of sp³-hybridized carbons (Fsp3) is 0.938. The van der Waals surface area contributed by atoms with Crippen LogP contribution in [0.4, 0.5) is 0 Å². The van der Waals surface area contributed by atoms with E-state index in [4.69, 9.17) is 0 Å². The van der Waals surface area contributed by atoms with Gasteiger partial charge in [-0.1, -0.05) is 26.2 Å². The largest absolute Gasteiger partial charge is 0.302 e. The van der Waals surface area contributed by atoms with Crippen molar-refractivity contribution in [2.75, 3.05) is 13.6 Å². The van der Waals surface area contributed by atoms with Crippen LogP contribution in [0.15, 0.2) is 0 Å². The van der Waals surface area contributed by atoms with Crippen LogP contribution in [-0.4, -0.2) is 36.1 Å². The van der Waals surface area contributed by atoms with Crippen molar-refractivity contribution < 1.29 is 0 Å². The van der Waals surface area contributed by atoms with Crippen molar-refractivity contribution in [3.63, 3.8) is 0 Å². The first-order valence-electron chi connectivity index (χ1n) is 8.10. The van der Waals surface area contributed by atoms with Gasteiger partial charge in [0.1, 0.15) is 5.54 Å². The first-order valence-corrected chi connectivity index (χ1v) is 8.10. The third-order valence-electron chi connectivity index (χ3n) is 5.30. The Morgan fingerprint density at radius 2 is 1.84 bits per heavy atom. The molecule has 0 spiro atoms. The first kappa shape index (κ1) is 14.8. The predicted octanol–water partition coefficient (Wildman–Crippen LogP) is 3.07. The zero-order valence-corrected chi connectivity index (χ0v) is 12.6. The monoisotopic (exact) mass is 263 g/mol. The van der Waals surface area contributed by atoms with Crippen LogP contribution < -0.4 is 5.32 Å². The molecule has 2 unspecified atom stereocenters. The predicted molar refractivity (Wildman–Crippen MR) is 78.9 cm³/mol. The van der Waals surface area contributed by atoms with Crippen molar-refractivity contribution in [1.29, 1.82) is 5.26 Å². The van der Waals surface area contributed by atoms with Crippen LogP contribution in [0.5, 0.6) is 0 Å². The second kappa shape index (κ2) is 6.72. The van der Waals surface area contributed by atoms with Crippen molar-refractivity contribution >= 4 is 0 Å². The topological polar surface area (TPSA) is 39.1 Å². The lowest BCUT2D eigenvalue weighted by molar-refractivity contribution is 0.0678. The molecule has 0 bridgehead atoms. The van der Waals surface area contributed by atoms with Gasteiger partial charge in [-0.05, 0) is 52.1 Å². The highest BCUT2D eigenvalue weighted by Crippen LogP contribution is 2.34. The van der Waals surface area contributed by atoms with Gasteiger partial charge >= 0.3 is 0 Å². The van der Waals surface area contributed by atoms with E-state index in [1.54, 1.807) is 0 Å². The van der Waals surface area contributed by atoms with Gasteiger partial charge < -0.3 is 5.32 Å². The summed E-state index contributed by atoms with van der Waals surface area (Å²) in [5.41, 5.74) is -0.273. The maximum absolute atomic E-state index is 9.49. The summed E-state index contributed by atoms with van der Waals surface area (Å²) in [5, 5.41) is 12.8. The van der Waals surface area contributed by atoms with Crippen molar-refractivity contribution in [2.24, 2.45) is 0 Å². The zero-order chi connectivity index (χ0) is 13.7. The van der Waals surface area contributed by atoms with Gasteiger partial charge in [0.25, 0.3) is 0 Å². The molecule has 1 N–H and O–H groups in total. The molecule has 0 radical (unpaired) electrons. The number of hydrogen-bond donors (Lipinski definition) is 1. The first-order chi connectivity index (χ1) is 9.24. The Kier molecular flexibility index (Phi) is 5.24. The lowest BCUT2D eigenvalue weighted by Gasteiger charge is -2.45. The number of nitriles is 1. The minimum absolute atomic E-state index is 0.273. The molecule has 0 aliphatic heterocycles. The van der Waals surface area contributed by atoms with Crippen LogP contribution in [0.1, 0.15) is 64.7 Å². The molecule has 108 valence electrons. The fourth-order valence-electron chi connectivity index (χ4n) is 4.14. The quantitative estimate of drug-likeness (QED) is 0.847. The van der Waals surface area contributed by atoms with Crippen molar-refractivity contribution in [3.05, 3.63) is 0 Å². The summed E-state index contributed by atoms with van der Waals surface area (Å²) in [5.74, 6) is 0. The molecular weight excluding hydrogens is 234 g/mol. The Morgan fingerprint density at radius 3 is 2.42 bits per heavy atom. The van der Waals surface area contributed by atoms with Crippen LogP contribution in [0, 0.1) is 11.3 Å². The molecule has 0 aromatic heterocycles. The van der Waals surface area contributed by atoms with Crippen molar-refractivity contribution in [3.8, 4) is 6.07 Å². The second-order valence-corrected chi connectivity index (χ2v) is 6.32. The SMILES string of the molecule is CCN(C1CCCCC1)C1CCCC(C#N)(NC)C1. The van der Waals surface area contributed by atoms with E-state index in [0.29, 0.717) is 6.04 Å². The molecule has 2 atom stereocenters. The summed E-state index contributed by atoms with van der Waals surface area (Å²) in [6, 6.07) is 3.92. The van der Waals surface area contributed by atoms with Crippen LogP contribution in [0.3, 0.4) is 0 Å². The summed E-state index contributed by atoms with van der Waals surface area (Å²) >= 11 is 0. The average Bonchev–Trinajstić information content (AvgIpc) is 2.49. The number of rotatable bonds is 4. The molecule has 2 fully saturated rings. The molecule has 2 rings (SSSR count). The van der Waals surface area contributed by atoms with Gasteiger partial charge in [0.05, 0.1) is 6.07 Å². The third kappa shape index (κ3) is 3.30. The van der Waals surface area contributed by atoms with E-state index < -0.39 is 0 Å². The molecule has 0 heterocycles. The number of hydrogen-bond acceptors (Lipinski definition) is 3. The highest BCUT2D eigenvalue weighted by molar-refractivity contribution is 5.10. The van der Waals surface area contributed by atoms with Crippen LogP contribution in [0.25, 0.3) is 0 Å². The zero-order valence-electron chi connectivity index (χ0n) is 12.6. The van der Waals surface area contributed by atoms with Gasteiger partial charge in [-0.3, -0.25) is 4.90 Å². The Balaban J connectivity index is 2.03. The Labute approximate surface area is 118 Å². The normalized spacial score (nSPS) is 33.3. The molecule has 0 aromatic carbocycles. The van der Waals surface area contributed by atoms with Gasteiger partial charge in [-0.25, -0.2) is 0 Å². The highest BCUT2D eigenvalue weighted by atomic mass is 15.2. The van der Waals surface area contributed by atoms with E-state index in [1.807, 2.05) is 7.05 Å². The van der Waals surface area contributed by atoms with Crippen molar-refractivity contribution in [1.82, 2.24) is 10.2 Å². The van der Waals surface area contributed by atoms with Gasteiger partial charge in [0.2, 0.25) is 0 Å². The number of nitrogens with one attached hydrogen (secondary N) is 1. The number of nitrogens with zero attached hydrogens (tertiary/aromatic N) is 2. The van der Waals surface area contributed by atoms with E-state index in [2.05, 4.69) is 23.2 Å². The molecule has 0 amide bonds. The fourth-order valence-corrected chi connectivity index (χ4v) is 4.14. The van der Waals surface area contributed by atoms with E-state index in [-0.39, 0.29) is 5.54 Å². The molecule has 3 nitrogen and oxygen atoms in total. The molecular formula is C16H29N3. The molecule has 0 saturated heterocycles. The lowest BCUT2D eigenvalue weighted by atomic mass is 9.78. The van der Waals surface area contributed by atoms with Crippen LogP contribution >= 0.6 is 0 Å². The Hall–Kier alpha value is -0.590. The van der Waals surface area contributed by atoms with E-state index in [1.165, 1.54) is 44.9 Å². The maximum atomic E-state index is 9.49. The molecule has 3 heteroatoms. The summed E-state index contributed by atoms with van der Waals surface area (Å²) in [6.45, 7) is 3.43. The Morgan fingerprint density at radius 1 is 1.16 bits per heavy atom. The van der Waals surface area contributed by atoms with E-state index >= 15 is 0 Å². The molecule has 2 aliphatic rings. The highest BCUT2D eigenvalue weighted by Gasteiger charge is 2.38. The molecule has 0 aromatic rings. The Bertz CT molecular complexity index is 316. The minimum Gasteiger partial charge on any atom is -0.302 e. The summed E-state index contributed by atoms with van der Waals surface area (Å²) in [4.78, 5) is 2.71. The van der Waals surface area contributed by atoms with Crippen LogP contribution in [-0.2, 0) is 0 Å². The smallest absolute Gasteiger partial charge is 0.108 e. The second-order valence-electron chi connectivity index (χ2n) is 6.32. The van der Waals surface area contributed by atoms with E-state index in [0.717, 1.165) is 25.4 Å². The lowest BCUT2D eigenvalue weighted by Crippen LogP contribution is -2.54. The summed E-state index contributed by atoms with van der Waals surface area (Å²) in [7, 11) is 1.95. The standard InChI is InChI=1S/C16H29N3/c1-3-19(14-8-5-4-6-9-14)15-10-7-11-16(12-15,13-17)18-2/h14-15,18H,3-12H2,1-2H3. The molecule has 19 heavy (non-hydrogen) atoms. The summed E-state index contributed by atoms with van der Waals surface area (Å²) in [6.07, 6.45) is 11.4. The van der Waals surface area contributed by atoms with Gasteiger partial charge in [0.15, 0.2) is 0 Å². The maximum Gasteiger partial charge on any atom is 0.108 e. The average molecular weight is 263 g/mol. The van der Waals surface area contributed by atoms with Crippen LogP contribution in [0.2, 0.25) is 0 Å². The summed E-state index contributed by atoms with van der Waals surface area (Å²) < 4.78 is 0. The third-order valence-corrected chi connectivity index (χ3v) is 5.30. The molecule has 2 saturated carbocycles. The van der Waals surface area contributed by atoms with Gasteiger partial charge in [-0.15, -0.1) is 0 Å². The van der Waals surface area contributed by atoms with Gasteiger partial charge in [-0.2, -0.15) is 5.26 Å². The minimum atomic E-state index is -0.273. The van der Waals surface area contributed by atoms with E-state index in [9.17, 15) is 5.26 Å². The molecule has 2 aliphatic carbocycles. The van der Waals surface area contributed by atoms with Crippen molar-refractivity contribution in [2.45, 2.75) is 82.3 Å². The van der Waals surface area contributed by atoms with Gasteiger partial charge in [0, 0.05) is 12.1 Å².